The van der Waals surface area contributed by atoms with Gasteiger partial charge in [-0.25, -0.2) is 4.98 Å². The van der Waals surface area contributed by atoms with E-state index in [0.29, 0.717) is 5.88 Å². The lowest BCUT2D eigenvalue weighted by Gasteiger charge is -2.08. The van der Waals surface area contributed by atoms with Crippen molar-refractivity contribution in [3.8, 4) is 5.88 Å². The molecule has 0 bridgehead atoms. The number of ether oxygens (including phenoxy) is 1. The SMILES string of the molecule is CCCc1cc(CO)cc(OCC2CC2)n1. The fraction of sp³-hybridized carbons (Fsp3) is 0.615. The van der Waals surface area contributed by atoms with Crippen LogP contribution in [0, 0.1) is 5.92 Å². The number of aromatic nitrogens is 1. The number of rotatable bonds is 6. The number of hydrogen-bond donors (Lipinski definition) is 1. The smallest absolute Gasteiger partial charge is 0.213 e. The first-order valence-electron chi connectivity index (χ1n) is 6.05. The standard InChI is InChI=1S/C13H19NO2/c1-2-3-12-6-11(8-15)7-13(14-12)16-9-10-4-5-10/h6-7,10,15H,2-5,8-9H2,1H3. The van der Waals surface area contributed by atoms with Crippen molar-refractivity contribution >= 4 is 0 Å². The maximum absolute atomic E-state index is 9.16. The van der Waals surface area contributed by atoms with Gasteiger partial charge in [0.25, 0.3) is 0 Å². The molecule has 0 aromatic carbocycles. The summed E-state index contributed by atoms with van der Waals surface area (Å²) in [5.41, 5.74) is 1.91. The summed E-state index contributed by atoms with van der Waals surface area (Å²) >= 11 is 0. The minimum Gasteiger partial charge on any atom is -0.477 e. The summed E-state index contributed by atoms with van der Waals surface area (Å²) in [4.78, 5) is 4.44. The molecule has 1 aliphatic rings. The van der Waals surface area contributed by atoms with Gasteiger partial charge in [-0.15, -0.1) is 0 Å². The average Bonchev–Trinajstić information content (AvgIpc) is 3.10. The van der Waals surface area contributed by atoms with Crippen LogP contribution in [0.2, 0.25) is 0 Å². The lowest BCUT2D eigenvalue weighted by Crippen LogP contribution is -2.03. The Bertz CT molecular complexity index is 348. The summed E-state index contributed by atoms with van der Waals surface area (Å²) in [6.45, 7) is 2.95. The molecule has 1 fully saturated rings. The molecule has 1 aliphatic carbocycles. The van der Waals surface area contributed by atoms with Gasteiger partial charge < -0.3 is 9.84 Å². The molecule has 0 aliphatic heterocycles. The Hall–Kier alpha value is -1.09. The summed E-state index contributed by atoms with van der Waals surface area (Å²) in [6.07, 6.45) is 4.56. The average molecular weight is 221 g/mol. The van der Waals surface area contributed by atoms with E-state index in [4.69, 9.17) is 9.84 Å². The first-order valence-corrected chi connectivity index (χ1v) is 6.05. The molecule has 2 rings (SSSR count). The van der Waals surface area contributed by atoms with E-state index in [1.165, 1.54) is 12.8 Å². The van der Waals surface area contributed by atoms with E-state index in [-0.39, 0.29) is 6.61 Å². The Morgan fingerprint density at radius 1 is 1.44 bits per heavy atom. The van der Waals surface area contributed by atoms with Crippen LogP contribution >= 0.6 is 0 Å². The minimum atomic E-state index is 0.0546. The van der Waals surface area contributed by atoms with E-state index in [9.17, 15) is 0 Å². The van der Waals surface area contributed by atoms with Gasteiger partial charge in [-0.2, -0.15) is 0 Å². The first-order chi connectivity index (χ1) is 7.81. The van der Waals surface area contributed by atoms with Crippen LogP contribution in [0.25, 0.3) is 0 Å². The first kappa shape index (κ1) is 11.4. The summed E-state index contributed by atoms with van der Waals surface area (Å²) in [5, 5.41) is 9.16. The number of pyridine rings is 1. The van der Waals surface area contributed by atoms with Crippen molar-refractivity contribution in [2.24, 2.45) is 5.92 Å². The fourth-order valence-electron chi connectivity index (χ4n) is 1.66. The summed E-state index contributed by atoms with van der Waals surface area (Å²) < 4.78 is 5.64. The predicted molar refractivity (Wildman–Crippen MR) is 62.4 cm³/mol. The Kier molecular flexibility index (Phi) is 3.78. The highest BCUT2D eigenvalue weighted by Gasteiger charge is 2.22. The third kappa shape index (κ3) is 3.20. The highest BCUT2D eigenvalue weighted by molar-refractivity contribution is 5.24. The highest BCUT2D eigenvalue weighted by Crippen LogP contribution is 2.29. The van der Waals surface area contributed by atoms with E-state index < -0.39 is 0 Å². The normalized spacial score (nSPS) is 15.1. The zero-order valence-corrected chi connectivity index (χ0v) is 9.78. The second-order valence-electron chi connectivity index (χ2n) is 4.47. The number of hydrogen-bond acceptors (Lipinski definition) is 3. The topological polar surface area (TPSA) is 42.4 Å². The summed E-state index contributed by atoms with van der Waals surface area (Å²) in [5.74, 6) is 1.40. The molecule has 16 heavy (non-hydrogen) atoms. The Morgan fingerprint density at radius 3 is 2.88 bits per heavy atom. The molecular formula is C13H19NO2. The number of nitrogens with zero attached hydrogens (tertiary/aromatic N) is 1. The molecule has 0 atom stereocenters. The van der Waals surface area contributed by atoms with Crippen molar-refractivity contribution in [2.45, 2.75) is 39.2 Å². The second-order valence-corrected chi connectivity index (χ2v) is 4.47. The quantitative estimate of drug-likeness (QED) is 0.801. The maximum Gasteiger partial charge on any atom is 0.213 e. The van der Waals surface area contributed by atoms with Crippen LogP contribution in [-0.2, 0) is 13.0 Å². The van der Waals surface area contributed by atoms with Gasteiger partial charge >= 0.3 is 0 Å². The zero-order valence-electron chi connectivity index (χ0n) is 9.78. The van der Waals surface area contributed by atoms with Crippen LogP contribution in [0.3, 0.4) is 0 Å². The van der Waals surface area contributed by atoms with Gasteiger partial charge in [0.2, 0.25) is 5.88 Å². The van der Waals surface area contributed by atoms with Gasteiger partial charge in [0.05, 0.1) is 13.2 Å². The van der Waals surface area contributed by atoms with E-state index in [2.05, 4.69) is 11.9 Å². The molecule has 0 amide bonds. The molecule has 1 aromatic rings. The van der Waals surface area contributed by atoms with Crippen LogP contribution in [-0.4, -0.2) is 16.7 Å². The number of aryl methyl sites for hydroxylation is 1. The van der Waals surface area contributed by atoms with Gasteiger partial charge in [-0.3, -0.25) is 0 Å². The molecule has 0 radical (unpaired) electrons. The number of aliphatic hydroxyl groups is 1. The molecule has 1 heterocycles. The number of aliphatic hydroxyl groups excluding tert-OH is 1. The highest BCUT2D eigenvalue weighted by atomic mass is 16.5. The van der Waals surface area contributed by atoms with Crippen molar-refractivity contribution in [3.63, 3.8) is 0 Å². The molecule has 1 aromatic heterocycles. The monoisotopic (exact) mass is 221 g/mol. The third-order valence-electron chi connectivity index (χ3n) is 2.77. The maximum atomic E-state index is 9.16. The summed E-state index contributed by atoms with van der Waals surface area (Å²) in [6, 6.07) is 3.79. The van der Waals surface area contributed by atoms with Crippen LogP contribution in [0.1, 0.15) is 37.4 Å². The molecule has 0 unspecified atom stereocenters. The Labute approximate surface area is 96.5 Å². The largest absolute Gasteiger partial charge is 0.477 e. The second kappa shape index (κ2) is 5.30. The van der Waals surface area contributed by atoms with Gasteiger partial charge in [-0.05, 0) is 36.8 Å². The van der Waals surface area contributed by atoms with Crippen molar-refractivity contribution < 1.29 is 9.84 Å². The van der Waals surface area contributed by atoms with Crippen molar-refractivity contribution in [3.05, 3.63) is 23.4 Å². The van der Waals surface area contributed by atoms with Crippen LogP contribution < -0.4 is 4.74 Å². The van der Waals surface area contributed by atoms with Crippen LogP contribution in [0.5, 0.6) is 5.88 Å². The predicted octanol–water partition coefficient (Wildman–Crippen LogP) is 2.32. The van der Waals surface area contributed by atoms with Crippen molar-refractivity contribution in [2.75, 3.05) is 6.61 Å². The molecule has 1 N–H and O–H groups in total. The van der Waals surface area contributed by atoms with E-state index in [1.54, 1.807) is 0 Å². The summed E-state index contributed by atoms with van der Waals surface area (Å²) in [7, 11) is 0. The zero-order chi connectivity index (χ0) is 11.4. The molecule has 1 saturated carbocycles. The fourth-order valence-corrected chi connectivity index (χ4v) is 1.66. The van der Waals surface area contributed by atoms with E-state index in [0.717, 1.165) is 36.6 Å². The minimum absolute atomic E-state index is 0.0546. The van der Waals surface area contributed by atoms with Gasteiger partial charge in [0, 0.05) is 11.8 Å². The molecule has 88 valence electrons. The lowest BCUT2D eigenvalue weighted by atomic mass is 10.2. The molecule has 0 saturated heterocycles. The Balaban J connectivity index is 2.04. The van der Waals surface area contributed by atoms with Crippen molar-refractivity contribution in [1.82, 2.24) is 4.98 Å². The van der Waals surface area contributed by atoms with E-state index >= 15 is 0 Å². The van der Waals surface area contributed by atoms with Gasteiger partial charge in [0.15, 0.2) is 0 Å². The molecular weight excluding hydrogens is 202 g/mol. The van der Waals surface area contributed by atoms with Gasteiger partial charge in [0.1, 0.15) is 0 Å². The van der Waals surface area contributed by atoms with E-state index in [1.807, 2.05) is 12.1 Å². The third-order valence-corrected chi connectivity index (χ3v) is 2.77. The van der Waals surface area contributed by atoms with Gasteiger partial charge in [-0.1, -0.05) is 13.3 Å². The lowest BCUT2D eigenvalue weighted by molar-refractivity contribution is 0.272. The molecule has 3 nitrogen and oxygen atoms in total. The Morgan fingerprint density at radius 2 is 2.25 bits per heavy atom. The van der Waals surface area contributed by atoms with Crippen LogP contribution in [0.15, 0.2) is 12.1 Å². The van der Waals surface area contributed by atoms with Crippen LogP contribution in [0.4, 0.5) is 0 Å². The van der Waals surface area contributed by atoms with Crippen molar-refractivity contribution in [1.29, 1.82) is 0 Å². The molecule has 0 spiro atoms. The molecule has 3 heteroatoms.